The lowest BCUT2D eigenvalue weighted by molar-refractivity contribution is -0.0411. The van der Waals surface area contributed by atoms with Crippen molar-refractivity contribution < 1.29 is 9.47 Å². The summed E-state index contributed by atoms with van der Waals surface area (Å²) in [7, 11) is 3.36. The van der Waals surface area contributed by atoms with E-state index in [0.717, 1.165) is 24.3 Å². The quantitative estimate of drug-likeness (QED) is 0.826. The third-order valence-electron chi connectivity index (χ3n) is 3.97. The fourth-order valence-corrected chi connectivity index (χ4v) is 2.58. The Kier molecular flexibility index (Phi) is 5.38. The van der Waals surface area contributed by atoms with Gasteiger partial charge >= 0.3 is 0 Å². The van der Waals surface area contributed by atoms with Crippen molar-refractivity contribution in [2.75, 3.05) is 14.2 Å². The second kappa shape index (κ2) is 6.39. The molecular weight excluding hydrogens is 242 g/mol. The minimum Gasteiger partial charge on any atom is -0.493 e. The Labute approximate surface area is 116 Å². The molecule has 110 valence electrons. The average Bonchev–Trinajstić information content (AvgIpc) is 2.84. The highest BCUT2D eigenvalue weighted by Gasteiger charge is 2.38. The highest BCUT2D eigenvalue weighted by atomic mass is 16.5. The fourth-order valence-electron chi connectivity index (χ4n) is 2.58. The van der Waals surface area contributed by atoms with E-state index < -0.39 is 0 Å². The molecule has 1 aromatic rings. The van der Waals surface area contributed by atoms with Crippen LogP contribution in [0.4, 0.5) is 0 Å². The second-order valence-corrected chi connectivity index (χ2v) is 5.09. The third kappa shape index (κ3) is 2.77. The van der Waals surface area contributed by atoms with E-state index in [9.17, 15) is 0 Å². The van der Waals surface area contributed by atoms with Crippen LogP contribution in [0.15, 0.2) is 6.20 Å². The summed E-state index contributed by atoms with van der Waals surface area (Å²) in [6.07, 6.45) is 3.40. The molecule has 0 saturated heterocycles. The molecule has 19 heavy (non-hydrogen) atoms. The molecule has 1 atom stereocenters. The minimum atomic E-state index is -0.389. The van der Waals surface area contributed by atoms with Gasteiger partial charge in [0.1, 0.15) is 5.69 Å². The van der Waals surface area contributed by atoms with Crippen LogP contribution in [0.3, 0.4) is 0 Å². The van der Waals surface area contributed by atoms with E-state index in [4.69, 9.17) is 15.2 Å². The molecule has 5 heteroatoms. The number of hydrogen-bond acceptors (Lipinski definition) is 4. The zero-order valence-corrected chi connectivity index (χ0v) is 12.9. The molecule has 0 spiro atoms. The Morgan fingerprint density at radius 3 is 2.26 bits per heavy atom. The van der Waals surface area contributed by atoms with Crippen molar-refractivity contribution in [1.29, 1.82) is 0 Å². The Morgan fingerprint density at radius 1 is 1.32 bits per heavy atom. The molecule has 1 rings (SSSR count). The zero-order valence-electron chi connectivity index (χ0n) is 12.9. The number of aromatic nitrogens is 2. The number of methoxy groups -OCH3 is 2. The lowest BCUT2D eigenvalue weighted by Crippen LogP contribution is -2.43. The molecule has 0 aromatic carbocycles. The van der Waals surface area contributed by atoms with Gasteiger partial charge in [-0.1, -0.05) is 13.8 Å². The lowest BCUT2D eigenvalue weighted by Gasteiger charge is -2.36. The van der Waals surface area contributed by atoms with Crippen molar-refractivity contribution in [3.05, 3.63) is 11.9 Å². The van der Waals surface area contributed by atoms with Crippen molar-refractivity contribution in [2.24, 2.45) is 5.73 Å². The highest BCUT2D eigenvalue weighted by molar-refractivity contribution is 5.30. The number of ether oxygens (including phenoxy) is 2. The van der Waals surface area contributed by atoms with Crippen LogP contribution < -0.4 is 10.5 Å². The molecule has 0 aliphatic rings. The summed E-state index contributed by atoms with van der Waals surface area (Å²) < 4.78 is 13.1. The van der Waals surface area contributed by atoms with Gasteiger partial charge in [0.05, 0.1) is 24.9 Å². The number of rotatable bonds is 7. The molecule has 0 bridgehead atoms. The molecule has 1 heterocycles. The minimum absolute atomic E-state index is 0.230. The summed E-state index contributed by atoms with van der Waals surface area (Å²) in [5.74, 6) is 0.726. The SMILES string of the molecule is CCC(CC)(OC)C(N)c1c(OC)cnn1C(C)C. The van der Waals surface area contributed by atoms with Crippen molar-refractivity contribution in [3.8, 4) is 5.75 Å². The van der Waals surface area contributed by atoms with Crippen molar-refractivity contribution in [2.45, 2.75) is 58.2 Å². The Balaban J connectivity index is 3.30. The molecule has 2 N–H and O–H groups in total. The molecule has 0 aliphatic carbocycles. The smallest absolute Gasteiger partial charge is 0.161 e. The van der Waals surface area contributed by atoms with Gasteiger partial charge in [-0.2, -0.15) is 5.10 Å². The topological polar surface area (TPSA) is 62.3 Å². The van der Waals surface area contributed by atoms with E-state index in [1.54, 1.807) is 20.4 Å². The summed E-state index contributed by atoms with van der Waals surface area (Å²) in [5, 5.41) is 4.38. The van der Waals surface area contributed by atoms with Crippen LogP contribution >= 0.6 is 0 Å². The Hall–Kier alpha value is -1.07. The van der Waals surface area contributed by atoms with Gasteiger partial charge in [-0.25, -0.2) is 0 Å². The zero-order chi connectivity index (χ0) is 14.6. The molecule has 0 fully saturated rings. The van der Waals surface area contributed by atoms with E-state index in [2.05, 4.69) is 32.8 Å². The largest absolute Gasteiger partial charge is 0.493 e. The monoisotopic (exact) mass is 269 g/mol. The standard InChI is InChI=1S/C14H27N3O2/c1-7-14(8-2,19-6)13(15)12-11(18-5)9-16-17(12)10(3)4/h9-10,13H,7-8,15H2,1-6H3. The van der Waals surface area contributed by atoms with Crippen molar-refractivity contribution in [1.82, 2.24) is 9.78 Å². The summed E-state index contributed by atoms with van der Waals surface area (Å²) in [6, 6.07) is -0.0411. The summed E-state index contributed by atoms with van der Waals surface area (Å²) in [4.78, 5) is 0. The normalized spacial score (nSPS) is 13.9. The first-order chi connectivity index (χ1) is 8.97. The van der Waals surface area contributed by atoms with Gasteiger partial charge in [0, 0.05) is 13.2 Å². The maximum Gasteiger partial charge on any atom is 0.161 e. The van der Waals surface area contributed by atoms with Crippen LogP contribution in [0.25, 0.3) is 0 Å². The van der Waals surface area contributed by atoms with Gasteiger partial charge in [0.25, 0.3) is 0 Å². The van der Waals surface area contributed by atoms with Gasteiger partial charge in [-0.15, -0.1) is 0 Å². The van der Waals surface area contributed by atoms with Gasteiger partial charge in [-0.05, 0) is 26.7 Å². The number of nitrogens with zero attached hydrogens (tertiary/aromatic N) is 2. The van der Waals surface area contributed by atoms with Gasteiger partial charge in [0.2, 0.25) is 0 Å². The molecule has 1 aromatic heterocycles. The van der Waals surface area contributed by atoms with E-state index in [1.165, 1.54) is 0 Å². The van der Waals surface area contributed by atoms with Crippen LogP contribution in [-0.2, 0) is 4.74 Å². The second-order valence-electron chi connectivity index (χ2n) is 5.09. The first-order valence-corrected chi connectivity index (χ1v) is 6.89. The molecule has 0 aliphatic heterocycles. The number of hydrogen-bond donors (Lipinski definition) is 1. The van der Waals surface area contributed by atoms with E-state index in [-0.39, 0.29) is 17.7 Å². The van der Waals surface area contributed by atoms with Crippen LogP contribution in [0.2, 0.25) is 0 Å². The predicted molar refractivity (Wildman–Crippen MR) is 76.4 cm³/mol. The molecular formula is C14H27N3O2. The fraction of sp³-hybridized carbons (Fsp3) is 0.786. The number of nitrogens with two attached hydrogens (primary N) is 1. The molecule has 0 radical (unpaired) electrons. The van der Waals surface area contributed by atoms with Gasteiger partial charge in [-0.3, -0.25) is 4.68 Å². The van der Waals surface area contributed by atoms with Gasteiger partial charge in [0.15, 0.2) is 5.75 Å². The summed E-state index contributed by atoms with van der Waals surface area (Å²) >= 11 is 0. The average molecular weight is 269 g/mol. The van der Waals surface area contributed by atoms with Crippen LogP contribution in [0.1, 0.15) is 58.3 Å². The summed E-state index contributed by atoms with van der Waals surface area (Å²) in [5.41, 5.74) is 7.02. The first kappa shape index (κ1) is 16.0. The van der Waals surface area contributed by atoms with Crippen molar-refractivity contribution in [3.63, 3.8) is 0 Å². The highest BCUT2D eigenvalue weighted by Crippen LogP contribution is 2.37. The van der Waals surface area contributed by atoms with E-state index >= 15 is 0 Å². The molecule has 0 saturated carbocycles. The third-order valence-corrected chi connectivity index (χ3v) is 3.97. The van der Waals surface area contributed by atoms with Crippen LogP contribution in [-0.4, -0.2) is 29.6 Å². The Morgan fingerprint density at radius 2 is 1.89 bits per heavy atom. The molecule has 0 amide bonds. The summed E-state index contributed by atoms with van der Waals surface area (Å²) in [6.45, 7) is 8.34. The maximum atomic E-state index is 6.50. The van der Waals surface area contributed by atoms with Crippen molar-refractivity contribution >= 4 is 0 Å². The maximum absolute atomic E-state index is 6.50. The molecule has 5 nitrogen and oxygen atoms in total. The first-order valence-electron chi connectivity index (χ1n) is 6.89. The van der Waals surface area contributed by atoms with Crippen LogP contribution in [0, 0.1) is 0 Å². The van der Waals surface area contributed by atoms with Crippen LogP contribution in [0.5, 0.6) is 5.75 Å². The van der Waals surface area contributed by atoms with E-state index in [0.29, 0.717) is 0 Å². The lowest BCUT2D eigenvalue weighted by atomic mass is 9.86. The predicted octanol–water partition coefficient (Wildman–Crippen LogP) is 2.68. The van der Waals surface area contributed by atoms with Gasteiger partial charge < -0.3 is 15.2 Å². The molecule has 1 unspecified atom stereocenters. The van der Waals surface area contributed by atoms with E-state index in [1.807, 2.05) is 4.68 Å². The Bertz CT molecular complexity index is 389.